The molecule has 108 valence electrons. The van der Waals surface area contributed by atoms with Gasteiger partial charge in [0, 0.05) is 17.9 Å². The molecule has 0 saturated heterocycles. The molecule has 0 saturated carbocycles. The van der Waals surface area contributed by atoms with Gasteiger partial charge in [0.05, 0.1) is 5.75 Å². The second kappa shape index (κ2) is 10.00. The highest BCUT2D eigenvalue weighted by Crippen LogP contribution is 2.13. The molecule has 1 rings (SSSR count). The van der Waals surface area contributed by atoms with Crippen molar-refractivity contribution in [3.05, 3.63) is 17.5 Å². The number of unbranched alkanes of at least 4 members (excludes halogenated alkanes) is 1. The first-order valence-electron chi connectivity index (χ1n) is 6.03. The van der Waals surface area contributed by atoms with Gasteiger partial charge in [-0.05, 0) is 39.3 Å². The zero-order valence-electron chi connectivity index (χ0n) is 11.3. The molecule has 0 aliphatic heterocycles. The fourth-order valence-corrected chi connectivity index (χ4v) is 2.22. The van der Waals surface area contributed by atoms with Crippen molar-refractivity contribution in [1.29, 1.82) is 0 Å². The van der Waals surface area contributed by atoms with Crippen LogP contribution in [0.5, 0.6) is 0 Å². The summed E-state index contributed by atoms with van der Waals surface area (Å²) in [5, 5.41) is 3.50. The number of nitrogens with one attached hydrogen (secondary N) is 1. The third-order valence-corrected chi connectivity index (χ3v) is 3.09. The summed E-state index contributed by atoms with van der Waals surface area (Å²) >= 11 is 1.36. The van der Waals surface area contributed by atoms with Crippen molar-refractivity contribution in [1.82, 2.24) is 15.3 Å². The number of hydrogen-bond acceptors (Lipinski definition) is 5. The molecule has 0 fully saturated rings. The van der Waals surface area contributed by atoms with E-state index in [0.29, 0.717) is 24.0 Å². The van der Waals surface area contributed by atoms with E-state index < -0.39 is 0 Å². The van der Waals surface area contributed by atoms with E-state index in [-0.39, 0.29) is 18.3 Å². The Morgan fingerprint density at radius 3 is 2.53 bits per heavy atom. The highest BCUT2D eigenvalue weighted by atomic mass is 35.5. The third kappa shape index (κ3) is 8.02. The summed E-state index contributed by atoms with van der Waals surface area (Å²) in [6, 6.07) is 1.91. The van der Waals surface area contributed by atoms with E-state index in [4.69, 9.17) is 5.73 Å². The molecule has 0 unspecified atom stereocenters. The Balaban J connectivity index is 0.00000324. The van der Waals surface area contributed by atoms with Crippen molar-refractivity contribution >= 4 is 30.1 Å². The lowest BCUT2D eigenvalue weighted by molar-refractivity contribution is -0.118. The molecule has 0 bridgehead atoms. The maximum absolute atomic E-state index is 11.5. The minimum Gasteiger partial charge on any atom is -0.355 e. The Labute approximate surface area is 124 Å². The minimum atomic E-state index is 0. The second-order valence-electron chi connectivity index (χ2n) is 4.07. The lowest BCUT2D eigenvalue weighted by atomic mass is 10.3. The number of thioether (sulfide) groups is 1. The number of nitrogens with two attached hydrogens (primary N) is 1. The highest BCUT2D eigenvalue weighted by Gasteiger charge is 2.05. The average molecular weight is 305 g/mol. The van der Waals surface area contributed by atoms with Crippen molar-refractivity contribution in [3.63, 3.8) is 0 Å². The van der Waals surface area contributed by atoms with E-state index in [2.05, 4.69) is 15.3 Å². The van der Waals surface area contributed by atoms with Crippen LogP contribution >= 0.6 is 24.2 Å². The standard InChI is InChI=1S/C12H20N4OS.ClH/c1-9-7-10(2)16-12(15-9)18-8-11(17)14-6-4-3-5-13;/h7H,3-6,8,13H2,1-2H3,(H,14,17);1H. The van der Waals surface area contributed by atoms with Crippen LogP contribution in [0.3, 0.4) is 0 Å². The average Bonchev–Trinajstić information content (AvgIpc) is 2.31. The van der Waals surface area contributed by atoms with Gasteiger partial charge in [0.2, 0.25) is 5.91 Å². The van der Waals surface area contributed by atoms with Crippen LogP contribution in [0.25, 0.3) is 0 Å². The first-order valence-corrected chi connectivity index (χ1v) is 7.02. The molecule has 1 aromatic rings. The van der Waals surface area contributed by atoms with Crippen LogP contribution in [0, 0.1) is 13.8 Å². The van der Waals surface area contributed by atoms with Gasteiger partial charge in [-0.15, -0.1) is 12.4 Å². The SMILES string of the molecule is Cc1cc(C)nc(SCC(=O)NCCCCN)n1.Cl. The van der Waals surface area contributed by atoms with Crippen LogP contribution in [-0.4, -0.2) is 34.7 Å². The van der Waals surface area contributed by atoms with E-state index in [1.54, 1.807) is 0 Å². The number of carbonyl (C=O) groups excluding carboxylic acids is 1. The van der Waals surface area contributed by atoms with Gasteiger partial charge < -0.3 is 11.1 Å². The van der Waals surface area contributed by atoms with Crippen molar-refractivity contribution in [3.8, 4) is 0 Å². The molecule has 5 nitrogen and oxygen atoms in total. The maximum atomic E-state index is 11.5. The number of rotatable bonds is 7. The summed E-state index contributed by atoms with van der Waals surface area (Å²) in [6.45, 7) is 5.20. The van der Waals surface area contributed by atoms with Crippen LogP contribution in [0.2, 0.25) is 0 Å². The Kier molecular flexibility index (Phi) is 9.55. The number of hydrogen-bond donors (Lipinski definition) is 2. The van der Waals surface area contributed by atoms with Gasteiger partial charge in [0.15, 0.2) is 5.16 Å². The van der Waals surface area contributed by atoms with E-state index >= 15 is 0 Å². The smallest absolute Gasteiger partial charge is 0.230 e. The van der Waals surface area contributed by atoms with Gasteiger partial charge in [-0.2, -0.15) is 0 Å². The van der Waals surface area contributed by atoms with Crippen LogP contribution < -0.4 is 11.1 Å². The number of amides is 1. The molecular formula is C12H21ClN4OS. The quantitative estimate of drug-likeness (QED) is 0.453. The molecule has 19 heavy (non-hydrogen) atoms. The van der Waals surface area contributed by atoms with Gasteiger partial charge in [-0.25, -0.2) is 9.97 Å². The summed E-state index contributed by atoms with van der Waals surface area (Å²) in [5.41, 5.74) is 7.22. The molecule has 1 aromatic heterocycles. The zero-order valence-corrected chi connectivity index (χ0v) is 12.9. The number of aryl methyl sites for hydroxylation is 2. The van der Waals surface area contributed by atoms with Crippen molar-refractivity contribution < 1.29 is 4.79 Å². The number of halogens is 1. The lowest BCUT2D eigenvalue weighted by Gasteiger charge is -2.05. The largest absolute Gasteiger partial charge is 0.355 e. The number of nitrogens with zero attached hydrogens (tertiary/aromatic N) is 2. The predicted molar refractivity (Wildman–Crippen MR) is 80.8 cm³/mol. The summed E-state index contributed by atoms with van der Waals surface area (Å²) in [6.07, 6.45) is 1.86. The number of aromatic nitrogens is 2. The molecule has 0 atom stereocenters. The van der Waals surface area contributed by atoms with Crippen molar-refractivity contribution in [2.75, 3.05) is 18.8 Å². The maximum Gasteiger partial charge on any atom is 0.230 e. The molecule has 1 heterocycles. The first kappa shape index (κ1) is 18.1. The van der Waals surface area contributed by atoms with Gasteiger partial charge in [0.25, 0.3) is 0 Å². The zero-order chi connectivity index (χ0) is 13.4. The molecule has 0 aromatic carbocycles. The summed E-state index contributed by atoms with van der Waals surface area (Å²) in [4.78, 5) is 20.1. The topological polar surface area (TPSA) is 80.9 Å². The van der Waals surface area contributed by atoms with Gasteiger partial charge in [0.1, 0.15) is 0 Å². The molecular weight excluding hydrogens is 284 g/mol. The van der Waals surface area contributed by atoms with E-state index in [1.165, 1.54) is 11.8 Å². The Morgan fingerprint density at radius 1 is 1.32 bits per heavy atom. The third-order valence-electron chi connectivity index (χ3n) is 2.25. The van der Waals surface area contributed by atoms with E-state index in [1.807, 2.05) is 19.9 Å². The molecule has 7 heteroatoms. The summed E-state index contributed by atoms with van der Waals surface area (Å²) in [7, 11) is 0. The van der Waals surface area contributed by atoms with Crippen molar-refractivity contribution in [2.45, 2.75) is 31.8 Å². The molecule has 0 radical (unpaired) electrons. The molecule has 1 amide bonds. The molecule has 0 aliphatic rings. The van der Waals surface area contributed by atoms with E-state index in [9.17, 15) is 4.79 Å². The Hall–Kier alpha value is -0.850. The first-order chi connectivity index (χ1) is 8.61. The number of carbonyl (C=O) groups is 1. The van der Waals surface area contributed by atoms with Gasteiger partial charge >= 0.3 is 0 Å². The molecule has 0 aliphatic carbocycles. The van der Waals surface area contributed by atoms with Crippen LogP contribution in [0.4, 0.5) is 0 Å². The summed E-state index contributed by atoms with van der Waals surface area (Å²) in [5.74, 6) is 0.366. The summed E-state index contributed by atoms with van der Waals surface area (Å²) < 4.78 is 0. The molecule has 3 N–H and O–H groups in total. The predicted octanol–water partition coefficient (Wildman–Crippen LogP) is 1.46. The lowest BCUT2D eigenvalue weighted by Crippen LogP contribution is -2.26. The fourth-order valence-electron chi connectivity index (χ4n) is 1.44. The van der Waals surface area contributed by atoms with Crippen LogP contribution in [-0.2, 0) is 4.79 Å². The van der Waals surface area contributed by atoms with Crippen molar-refractivity contribution in [2.24, 2.45) is 5.73 Å². The molecule has 0 spiro atoms. The monoisotopic (exact) mass is 304 g/mol. The normalized spacial score (nSPS) is 9.84. The highest BCUT2D eigenvalue weighted by molar-refractivity contribution is 7.99. The van der Waals surface area contributed by atoms with Gasteiger partial charge in [-0.3, -0.25) is 4.79 Å². The Morgan fingerprint density at radius 2 is 1.95 bits per heavy atom. The van der Waals surface area contributed by atoms with Crippen LogP contribution in [0.1, 0.15) is 24.2 Å². The van der Waals surface area contributed by atoms with Crippen LogP contribution in [0.15, 0.2) is 11.2 Å². The van der Waals surface area contributed by atoms with Gasteiger partial charge in [-0.1, -0.05) is 11.8 Å². The fraction of sp³-hybridized carbons (Fsp3) is 0.583. The minimum absolute atomic E-state index is 0. The van der Waals surface area contributed by atoms with E-state index in [0.717, 1.165) is 24.2 Å². The Bertz CT molecular complexity index is 383. The second-order valence-corrected chi connectivity index (χ2v) is 5.01.